The molecule has 2 heteroatoms. The van der Waals surface area contributed by atoms with Crippen LogP contribution < -0.4 is 0 Å². The molecule has 2 nitrogen and oxygen atoms in total. The Balaban J connectivity index is 1.92. The lowest BCUT2D eigenvalue weighted by atomic mass is 9.96. The van der Waals surface area contributed by atoms with E-state index in [2.05, 4.69) is 36.9 Å². The first-order valence-electron chi connectivity index (χ1n) is 8.21. The van der Waals surface area contributed by atoms with Gasteiger partial charge in [-0.15, -0.1) is 0 Å². The van der Waals surface area contributed by atoms with Crippen LogP contribution in [0.15, 0.2) is 91.0 Å². The molecule has 0 saturated carbocycles. The summed E-state index contributed by atoms with van der Waals surface area (Å²) < 4.78 is 5.33. The second kappa shape index (κ2) is 7.63. The molecule has 0 amide bonds. The van der Waals surface area contributed by atoms with Gasteiger partial charge in [-0.05, 0) is 40.8 Å². The van der Waals surface area contributed by atoms with Crippen molar-refractivity contribution in [3.8, 4) is 22.3 Å². The Hall–Kier alpha value is -3.13. The van der Waals surface area contributed by atoms with Crippen molar-refractivity contribution in [3.05, 3.63) is 96.6 Å². The van der Waals surface area contributed by atoms with Gasteiger partial charge in [0.1, 0.15) is 6.61 Å². The number of rotatable bonds is 5. The number of carbonyl (C=O) groups excluding carboxylic acids is 1. The summed E-state index contributed by atoms with van der Waals surface area (Å²) in [5.74, 6) is -0.368. The zero-order valence-corrected chi connectivity index (χ0v) is 14.2. The first-order chi connectivity index (χ1) is 12.1. The first kappa shape index (κ1) is 16.7. The van der Waals surface area contributed by atoms with Crippen molar-refractivity contribution in [1.29, 1.82) is 0 Å². The lowest BCUT2D eigenvalue weighted by Gasteiger charge is -2.12. The monoisotopic (exact) mass is 328 g/mol. The third-order valence-electron chi connectivity index (χ3n) is 4.01. The predicted molar refractivity (Wildman–Crippen MR) is 102 cm³/mol. The van der Waals surface area contributed by atoms with E-state index in [1.54, 1.807) is 6.92 Å². The Morgan fingerprint density at radius 2 is 1.48 bits per heavy atom. The van der Waals surface area contributed by atoms with Crippen LogP contribution in [-0.2, 0) is 16.1 Å². The molecule has 0 unspecified atom stereocenters. The minimum absolute atomic E-state index is 0.234. The highest BCUT2D eigenvalue weighted by Crippen LogP contribution is 2.29. The van der Waals surface area contributed by atoms with Crippen molar-refractivity contribution < 1.29 is 9.53 Å². The van der Waals surface area contributed by atoms with Crippen LogP contribution in [0.2, 0.25) is 0 Å². The molecule has 124 valence electrons. The standard InChI is InChI=1S/C23H20O2/c1-17(2)23(24)25-16-21-11-6-7-14-22(21)20-13-8-12-19(15-20)18-9-4-3-5-10-18/h3-15H,1,16H2,2H3. The van der Waals surface area contributed by atoms with Gasteiger partial charge in [-0.25, -0.2) is 4.79 Å². The molecular weight excluding hydrogens is 308 g/mol. The van der Waals surface area contributed by atoms with Gasteiger partial charge in [-0.2, -0.15) is 0 Å². The van der Waals surface area contributed by atoms with Crippen LogP contribution in [0.25, 0.3) is 22.3 Å². The van der Waals surface area contributed by atoms with Crippen LogP contribution in [0.1, 0.15) is 12.5 Å². The lowest BCUT2D eigenvalue weighted by molar-refractivity contribution is -0.140. The van der Waals surface area contributed by atoms with Gasteiger partial charge < -0.3 is 4.74 Å². The molecule has 0 saturated heterocycles. The molecule has 0 aliphatic heterocycles. The van der Waals surface area contributed by atoms with Crippen molar-refractivity contribution in [2.45, 2.75) is 13.5 Å². The molecule has 0 aliphatic carbocycles. The van der Waals surface area contributed by atoms with Crippen LogP contribution in [0.3, 0.4) is 0 Å². The summed E-state index contributed by atoms with van der Waals surface area (Å²) in [6, 6.07) is 26.6. The van der Waals surface area contributed by atoms with E-state index in [1.165, 1.54) is 5.56 Å². The quantitative estimate of drug-likeness (QED) is 0.447. The molecule has 25 heavy (non-hydrogen) atoms. The number of benzene rings is 3. The molecule has 0 heterocycles. The number of hydrogen-bond acceptors (Lipinski definition) is 2. The molecule has 0 atom stereocenters. The summed E-state index contributed by atoms with van der Waals surface area (Å²) in [4.78, 5) is 11.7. The number of carbonyl (C=O) groups is 1. The van der Waals surface area contributed by atoms with Gasteiger partial charge in [-0.1, -0.05) is 79.4 Å². The summed E-state index contributed by atoms with van der Waals surface area (Å²) in [6.45, 7) is 5.50. The first-order valence-corrected chi connectivity index (χ1v) is 8.21. The van der Waals surface area contributed by atoms with Gasteiger partial charge in [-0.3, -0.25) is 0 Å². The van der Waals surface area contributed by atoms with E-state index < -0.39 is 0 Å². The number of hydrogen-bond donors (Lipinski definition) is 0. The van der Waals surface area contributed by atoms with Gasteiger partial charge in [0, 0.05) is 5.57 Å². The Bertz CT molecular complexity index is 895. The minimum Gasteiger partial charge on any atom is -0.457 e. The molecular formula is C23H20O2. The van der Waals surface area contributed by atoms with Gasteiger partial charge >= 0.3 is 5.97 Å². The Morgan fingerprint density at radius 3 is 2.24 bits per heavy atom. The third kappa shape index (κ3) is 4.04. The second-order valence-electron chi connectivity index (χ2n) is 5.96. The number of esters is 1. The Kier molecular flexibility index (Phi) is 5.10. The van der Waals surface area contributed by atoms with E-state index in [0.29, 0.717) is 5.57 Å². The maximum Gasteiger partial charge on any atom is 0.333 e. The molecule has 3 aromatic rings. The van der Waals surface area contributed by atoms with E-state index in [1.807, 2.05) is 48.5 Å². The van der Waals surface area contributed by atoms with Crippen LogP contribution >= 0.6 is 0 Å². The lowest BCUT2D eigenvalue weighted by Crippen LogP contribution is -2.05. The summed E-state index contributed by atoms with van der Waals surface area (Å²) in [5, 5.41) is 0. The second-order valence-corrected chi connectivity index (χ2v) is 5.96. The summed E-state index contributed by atoms with van der Waals surface area (Å²) in [6.07, 6.45) is 0. The fourth-order valence-corrected chi connectivity index (χ4v) is 2.69. The fourth-order valence-electron chi connectivity index (χ4n) is 2.69. The van der Waals surface area contributed by atoms with Crippen LogP contribution in [-0.4, -0.2) is 5.97 Å². The average Bonchev–Trinajstić information content (AvgIpc) is 2.67. The highest BCUT2D eigenvalue weighted by molar-refractivity contribution is 5.87. The molecule has 0 N–H and O–H groups in total. The van der Waals surface area contributed by atoms with Gasteiger partial charge in [0.2, 0.25) is 0 Å². The maximum atomic E-state index is 11.7. The van der Waals surface area contributed by atoms with Crippen LogP contribution in [0.5, 0.6) is 0 Å². The Labute approximate surface area is 148 Å². The zero-order valence-electron chi connectivity index (χ0n) is 14.2. The topological polar surface area (TPSA) is 26.3 Å². The molecule has 3 rings (SSSR count). The summed E-state index contributed by atoms with van der Waals surface area (Å²) >= 11 is 0. The van der Waals surface area contributed by atoms with Crippen molar-refractivity contribution in [3.63, 3.8) is 0 Å². The summed E-state index contributed by atoms with van der Waals surface area (Å²) in [7, 11) is 0. The van der Waals surface area contributed by atoms with Gasteiger partial charge in [0.05, 0.1) is 0 Å². The fraction of sp³-hybridized carbons (Fsp3) is 0.0870. The number of ether oxygens (including phenoxy) is 1. The predicted octanol–water partition coefficient (Wildman–Crippen LogP) is 5.64. The van der Waals surface area contributed by atoms with Gasteiger partial charge in [0.15, 0.2) is 0 Å². The van der Waals surface area contributed by atoms with E-state index in [9.17, 15) is 4.79 Å². The SMILES string of the molecule is C=C(C)C(=O)OCc1ccccc1-c1cccc(-c2ccccc2)c1. The normalized spacial score (nSPS) is 10.3. The minimum atomic E-state index is -0.368. The average molecular weight is 328 g/mol. The Morgan fingerprint density at radius 1 is 0.840 bits per heavy atom. The molecule has 0 spiro atoms. The highest BCUT2D eigenvalue weighted by atomic mass is 16.5. The van der Waals surface area contributed by atoms with Crippen LogP contribution in [0, 0.1) is 0 Å². The molecule has 0 radical (unpaired) electrons. The molecule has 0 aliphatic rings. The molecule has 0 bridgehead atoms. The van der Waals surface area contributed by atoms with Crippen molar-refractivity contribution in [2.24, 2.45) is 0 Å². The van der Waals surface area contributed by atoms with E-state index in [4.69, 9.17) is 4.74 Å². The van der Waals surface area contributed by atoms with Crippen molar-refractivity contribution >= 4 is 5.97 Å². The van der Waals surface area contributed by atoms with Crippen molar-refractivity contribution in [1.82, 2.24) is 0 Å². The van der Waals surface area contributed by atoms with E-state index >= 15 is 0 Å². The van der Waals surface area contributed by atoms with E-state index in [-0.39, 0.29) is 12.6 Å². The van der Waals surface area contributed by atoms with Crippen LogP contribution in [0.4, 0.5) is 0 Å². The molecule has 0 aromatic heterocycles. The van der Waals surface area contributed by atoms with E-state index in [0.717, 1.165) is 22.3 Å². The van der Waals surface area contributed by atoms with Gasteiger partial charge in [0.25, 0.3) is 0 Å². The smallest absolute Gasteiger partial charge is 0.333 e. The molecule has 0 fully saturated rings. The van der Waals surface area contributed by atoms with Crippen molar-refractivity contribution in [2.75, 3.05) is 0 Å². The largest absolute Gasteiger partial charge is 0.457 e. The maximum absolute atomic E-state index is 11.7. The summed E-state index contributed by atoms with van der Waals surface area (Å²) in [5.41, 5.74) is 5.88. The molecule has 3 aromatic carbocycles. The highest BCUT2D eigenvalue weighted by Gasteiger charge is 2.09. The third-order valence-corrected chi connectivity index (χ3v) is 4.01. The zero-order chi connectivity index (χ0) is 17.6.